The summed E-state index contributed by atoms with van der Waals surface area (Å²) in [7, 11) is 0. The molecule has 1 aromatic carbocycles. The fourth-order valence-corrected chi connectivity index (χ4v) is 4.98. The van der Waals surface area contributed by atoms with Gasteiger partial charge in [0.05, 0.1) is 22.5 Å². The molecule has 1 atom stereocenters. The quantitative estimate of drug-likeness (QED) is 0.336. The lowest BCUT2D eigenvalue weighted by atomic mass is 9.91. The molecule has 1 amide bonds. The van der Waals surface area contributed by atoms with Crippen molar-refractivity contribution >= 4 is 50.8 Å². The van der Waals surface area contributed by atoms with Crippen molar-refractivity contribution in [2.45, 2.75) is 19.4 Å². The number of rotatable bonds is 7. The van der Waals surface area contributed by atoms with Crippen molar-refractivity contribution in [2.24, 2.45) is 5.92 Å². The molecule has 7 nitrogen and oxygen atoms in total. The first-order valence-corrected chi connectivity index (χ1v) is 12.3. The Bertz CT molecular complexity index is 1400. The topological polar surface area (TPSA) is 88.1 Å². The van der Waals surface area contributed by atoms with Crippen molar-refractivity contribution in [1.82, 2.24) is 19.9 Å². The smallest absolute Gasteiger partial charge is 0.274 e. The van der Waals surface area contributed by atoms with E-state index in [1.807, 2.05) is 18.4 Å². The maximum absolute atomic E-state index is 13.6. The molecule has 35 heavy (non-hydrogen) atoms. The van der Waals surface area contributed by atoms with E-state index in [0.29, 0.717) is 51.6 Å². The predicted octanol–water partition coefficient (Wildman–Crippen LogP) is 5.40. The van der Waals surface area contributed by atoms with E-state index in [1.165, 1.54) is 17.4 Å². The summed E-state index contributed by atoms with van der Waals surface area (Å²) in [6.45, 7) is 2.82. The van der Waals surface area contributed by atoms with E-state index < -0.39 is 5.82 Å². The van der Waals surface area contributed by atoms with Gasteiger partial charge in [0.15, 0.2) is 11.5 Å². The highest BCUT2D eigenvalue weighted by molar-refractivity contribution is 7.17. The summed E-state index contributed by atoms with van der Waals surface area (Å²) in [4.78, 5) is 40.4. The van der Waals surface area contributed by atoms with Crippen molar-refractivity contribution < 1.29 is 14.0 Å². The molecular weight excluding hydrogens is 489 g/mol. The van der Waals surface area contributed by atoms with Crippen molar-refractivity contribution in [3.05, 3.63) is 81.8 Å². The highest BCUT2D eigenvalue weighted by Crippen LogP contribution is 2.29. The van der Waals surface area contributed by atoms with Gasteiger partial charge in [-0.1, -0.05) is 11.6 Å². The number of hydrogen-bond donors (Lipinski definition) is 1. The molecule has 1 fully saturated rings. The van der Waals surface area contributed by atoms with Crippen LogP contribution in [0.3, 0.4) is 0 Å². The van der Waals surface area contributed by atoms with Crippen LogP contribution >= 0.6 is 22.9 Å². The molecule has 0 unspecified atom stereocenters. The van der Waals surface area contributed by atoms with Crippen LogP contribution in [-0.4, -0.2) is 44.6 Å². The Morgan fingerprint density at radius 1 is 1.20 bits per heavy atom. The SMILES string of the molecule is C[C@H](Nc1nc(C(=O)N2CC(CC(=O)c3ccc(Cl)cc3)C2)c2sccc2n1)c1cncc(F)c1. The molecule has 4 aromatic rings. The van der Waals surface area contributed by atoms with Crippen LogP contribution in [0.15, 0.2) is 54.2 Å². The second-order valence-corrected chi connectivity index (χ2v) is 9.90. The Labute approximate surface area is 210 Å². The van der Waals surface area contributed by atoms with Crippen LogP contribution in [0.2, 0.25) is 5.02 Å². The van der Waals surface area contributed by atoms with E-state index in [1.54, 1.807) is 35.4 Å². The lowest BCUT2D eigenvalue weighted by molar-refractivity contribution is 0.0466. The fourth-order valence-electron chi connectivity index (χ4n) is 4.05. The Balaban J connectivity index is 1.28. The summed E-state index contributed by atoms with van der Waals surface area (Å²) in [5, 5.41) is 5.60. The first kappa shape index (κ1) is 23.3. The third kappa shape index (κ3) is 5.01. The Morgan fingerprint density at radius 3 is 2.71 bits per heavy atom. The minimum Gasteiger partial charge on any atom is -0.348 e. The average Bonchev–Trinajstić information content (AvgIpc) is 3.29. The molecule has 1 aliphatic rings. The number of fused-ring (bicyclic) bond motifs is 1. The third-order valence-corrected chi connectivity index (χ3v) is 7.12. The number of ketones is 1. The molecule has 178 valence electrons. The monoisotopic (exact) mass is 509 g/mol. The van der Waals surface area contributed by atoms with E-state index in [9.17, 15) is 14.0 Å². The van der Waals surface area contributed by atoms with Gasteiger partial charge < -0.3 is 10.2 Å². The van der Waals surface area contributed by atoms with Gasteiger partial charge >= 0.3 is 0 Å². The largest absolute Gasteiger partial charge is 0.348 e. The molecule has 0 aliphatic carbocycles. The molecule has 1 saturated heterocycles. The molecule has 3 aromatic heterocycles. The normalized spacial score (nSPS) is 14.5. The molecule has 1 aliphatic heterocycles. The van der Waals surface area contributed by atoms with Gasteiger partial charge in [-0.15, -0.1) is 11.3 Å². The van der Waals surface area contributed by atoms with Crippen molar-refractivity contribution in [3.63, 3.8) is 0 Å². The zero-order valence-corrected chi connectivity index (χ0v) is 20.3. The van der Waals surface area contributed by atoms with Gasteiger partial charge in [-0.25, -0.2) is 14.4 Å². The standard InChI is InChI=1S/C25H21ClFN5O2S/c1-14(17-9-19(27)11-28-10-17)29-25-30-20-6-7-35-23(20)22(31-25)24(34)32-12-15(13-32)8-21(33)16-2-4-18(26)5-3-16/h2-7,9-11,14-15H,8,12-13H2,1H3,(H,29,30,31)/t14-/m0/s1. The van der Waals surface area contributed by atoms with E-state index >= 15 is 0 Å². The van der Waals surface area contributed by atoms with Gasteiger partial charge in [-0.05, 0) is 54.3 Å². The number of pyridine rings is 1. The van der Waals surface area contributed by atoms with Crippen LogP contribution in [0, 0.1) is 11.7 Å². The maximum atomic E-state index is 13.6. The zero-order chi connectivity index (χ0) is 24.5. The Morgan fingerprint density at radius 2 is 1.97 bits per heavy atom. The van der Waals surface area contributed by atoms with E-state index in [0.717, 1.165) is 6.20 Å². The number of aromatic nitrogens is 3. The van der Waals surface area contributed by atoms with E-state index in [-0.39, 0.29) is 29.6 Å². The maximum Gasteiger partial charge on any atom is 0.274 e. The van der Waals surface area contributed by atoms with Gasteiger partial charge in [-0.2, -0.15) is 0 Å². The number of thiophene rings is 1. The fraction of sp³-hybridized carbons (Fsp3) is 0.240. The average molecular weight is 510 g/mol. The number of amides is 1. The molecule has 0 bridgehead atoms. The molecule has 5 rings (SSSR count). The molecule has 1 N–H and O–H groups in total. The Hall–Kier alpha value is -3.43. The molecule has 0 saturated carbocycles. The molecule has 10 heteroatoms. The predicted molar refractivity (Wildman–Crippen MR) is 133 cm³/mol. The van der Waals surface area contributed by atoms with Crippen molar-refractivity contribution in [3.8, 4) is 0 Å². The van der Waals surface area contributed by atoms with E-state index in [2.05, 4.69) is 20.3 Å². The number of Topliss-reactive ketones (excluding diaryl/α,β-unsaturated/α-hetero) is 1. The van der Waals surface area contributed by atoms with Crippen LogP contribution in [0.1, 0.15) is 45.8 Å². The zero-order valence-electron chi connectivity index (χ0n) is 18.7. The van der Waals surface area contributed by atoms with Crippen LogP contribution in [0.4, 0.5) is 10.3 Å². The third-order valence-electron chi connectivity index (χ3n) is 5.96. The number of carbonyl (C=O) groups is 2. The summed E-state index contributed by atoms with van der Waals surface area (Å²) >= 11 is 7.30. The lowest BCUT2D eigenvalue weighted by Crippen LogP contribution is -2.50. The summed E-state index contributed by atoms with van der Waals surface area (Å²) in [5.74, 6) is -0.207. The summed E-state index contributed by atoms with van der Waals surface area (Å²) < 4.78 is 14.3. The van der Waals surface area contributed by atoms with E-state index in [4.69, 9.17) is 11.6 Å². The van der Waals surface area contributed by atoms with Crippen LogP contribution in [0.25, 0.3) is 10.2 Å². The van der Waals surface area contributed by atoms with Crippen LogP contribution < -0.4 is 5.32 Å². The number of nitrogens with zero attached hydrogens (tertiary/aromatic N) is 4. The van der Waals surface area contributed by atoms with Crippen molar-refractivity contribution in [2.75, 3.05) is 18.4 Å². The van der Waals surface area contributed by atoms with Crippen LogP contribution in [-0.2, 0) is 0 Å². The summed E-state index contributed by atoms with van der Waals surface area (Å²) in [6, 6.07) is 9.75. The van der Waals surface area contributed by atoms with Crippen LogP contribution in [0.5, 0.6) is 0 Å². The minimum atomic E-state index is -0.428. The van der Waals surface area contributed by atoms with Gasteiger partial charge in [0.1, 0.15) is 5.82 Å². The number of hydrogen-bond acceptors (Lipinski definition) is 7. The van der Waals surface area contributed by atoms with Gasteiger partial charge in [0.25, 0.3) is 5.91 Å². The number of carbonyl (C=O) groups excluding carboxylic acids is 2. The number of anilines is 1. The Kier molecular flexibility index (Phi) is 6.44. The summed E-state index contributed by atoms with van der Waals surface area (Å²) in [5.41, 5.74) is 2.24. The minimum absolute atomic E-state index is 0.0359. The highest BCUT2D eigenvalue weighted by Gasteiger charge is 2.34. The second kappa shape index (κ2) is 9.67. The summed E-state index contributed by atoms with van der Waals surface area (Å²) in [6.07, 6.45) is 3.08. The first-order chi connectivity index (χ1) is 16.9. The number of benzene rings is 1. The lowest BCUT2D eigenvalue weighted by Gasteiger charge is -2.38. The number of halogens is 2. The molecule has 0 spiro atoms. The number of nitrogens with one attached hydrogen (secondary N) is 1. The molecule has 0 radical (unpaired) electrons. The second-order valence-electron chi connectivity index (χ2n) is 8.54. The first-order valence-electron chi connectivity index (χ1n) is 11.1. The van der Waals surface area contributed by atoms with Gasteiger partial charge in [0.2, 0.25) is 5.95 Å². The number of likely N-dealkylation sites (tertiary alicyclic amines) is 1. The molecular formula is C25H21ClFN5O2S. The molecule has 4 heterocycles. The highest BCUT2D eigenvalue weighted by atomic mass is 35.5. The van der Waals surface area contributed by atoms with Gasteiger partial charge in [0, 0.05) is 42.2 Å². The van der Waals surface area contributed by atoms with Crippen molar-refractivity contribution in [1.29, 1.82) is 0 Å². The van der Waals surface area contributed by atoms with Gasteiger partial charge in [-0.3, -0.25) is 14.6 Å².